The lowest BCUT2D eigenvalue weighted by atomic mass is 9.92. The van der Waals surface area contributed by atoms with Gasteiger partial charge in [0.05, 0.1) is 29.8 Å². The molecular weight excluding hydrogens is 466 g/mol. The highest BCUT2D eigenvalue weighted by Gasteiger charge is 2.25. The molecular formula is C26H33N3O7. The number of ether oxygens (including phenoxy) is 3. The molecule has 0 radical (unpaired) electrons. The number of amides is 1. The van der Waals surface area contributed by atoms with Crippen molar-refractivity contribution in [2.75, 3.05) is 37.1 Å². The summed E-state index contributed by atoms with van der Waals surface area (Å²) in [6.07, 6.45) is 1.99. The predicted octanol–water partition coefficient (Wildman–Crippen LogP) is 5.27. The topological polar surface area (TPSA) is 120 Å². The number of nitro benzene ring substituents is 1. The van der Waals surface area contributed by atoms with Crippen molar-refractivity contribution in [3.8, 4) is 5.75 Å². The summed E-state index contributed by atoms with van der Waals surface area (Å²) in [7, 11) is 1.37. The fourth-order valence-electron chi connectivity index (χ4n) is 4.44. The van der Waals surface area contributed by atoms with Crippen LogP contribution in [-0.4, -0.2) is 49.9 Å². The minimum atomic E-state index is -0.716. The number of esters is 1. The van der Waals surface area contributed by atoms with Crippen LogP contribution in [0.3, 0.4) is 0 Å². The summed E-state index contributed by atoms with van der Waals surface area (Å²) in [5.41, 5.74) is 2.22. The number of benzene rings is 2. The molecule has 194 valence electrons. The smallest absolute Gasteiger partial charge is 0.417 e. The van der Waals surface area contributed by atoms with Crippen LogP contribution < -0.4 is 15.0 Å². The first kappa shape index (κ1) is 26.9. The molecule has 2 aromatic rings. The van der Waals surface area contributed by atoms with Crippen LogP contribution in [0.15, 0.2) is 42.5 Å². The van der Waals surface area contributed by atoms with E-state index in [0.717, 1.165) is 37.1 Å². The van der Waals surface area contributed by atoms with Gasteiger partial charge in [-0.2, -0.15) is 0 Å². The summed E-state index contributed by atoms with van der Waals surface area (Å²) in [4.78, 5) is 37.4. The van der Waals surface area contributed by atoms with E-state index in [0.29, 0.717) is 18.9 Å². The van der Waals surface area contributed by atoms with E-state index in [9.17, 15) is 19.7 Å². The maximum atomic E-state index is 12.8. The van der Waals surface area contributed by atoms with Crippen LogP contribution in [0.4, 0.5) is 21.9 Å². The zero-order valence-electron chi connectivity index (χ0n) is 20.9. The van der Waals surface area contributed by atoms with E-state index < -0.39 is 11.0 Å². The van der Waals surface area contributed by atoms with Gasteiger partial charge in [0, 0.05) is 37.9 Å². The van der Waals surface area contributed by atoms with Gasteiger partial charge in [0.25, 0.3) is 5.69 Å². The van der Waals surface area contributed by atoms with Crippen molar-refractivity contribution in [3.63, 3.8) is 0 Å². The first-order valence-corrected chi connectivity index (χ1v) is 12.1. The molecule has 0 saturated carbocycles. The molecule has 1 fully saturated rings. The number of nitrogens with one attached hydrogen (secondary N) is 1. The number of nitrogens with zero attached hydrogens (tertiary/aromatic N) is 2. The van der Waals surface area contributed by atoms with Crippen LogP contribution in [-0.2, 0) is 14.3 Å². The van der Waals surface area contributed by atoms with Crippen LogP contribution >= 0.6 is 0 Å². The van der Waals surface area contributed by atoms with Gasteiger partial charge in [-0.1, -0.05) is 13.0 Å². The summed E-state index contributed by atoms with van der Waals surface area (Å²) in [6.45, 7) is 6.16. The molecule has 10 heteroatoms. The number of nitro groups is 1. The monoisotopic (exact) mass is 499 g/mol. The minimum absolute atomic E-state index is 0.0732. The number of anilines is 2. The van der Waals surface area contributed by atoms with Crippen molar-refractivity contribution >= 4 is 29.1 Å². The van der Waals surface area contributed by atoms with Crippen LogP contribution in [0.2, 0.25) is 0 Å². The molecule has 1 N–H and O–H groups in total. The van der Waals surface area contributed by atoms with Crippen LogP contribution in [0.1, 0.15) is 51.0 Å². The number of hydrogen-bond donors (Lipinski definition) is 1. The Balaban J connectivity index is 1.89. The third-order valence-corrected chi connectivity index (χ3v) is 6.40. The molecule has 1 saturated heterocycles. The Morgan fingerprint density at radius 3 is 2.44 bits per heavy atom. The molecule has 0 bridgehead atoms. The Morgan fingerprint density at radius 2 is 1.86 bits per heavy atom. The van der Waals surface area contributed by atoms with Crippen molar-refractivity contribution in [1.29, 1.82) is 0 Å². The van der Waals surface area contributed by atoms with Gasteiger partial charge in [0.15, 0.2) is 0 Å². The molecule has 3 rings (SSSR count). The number of methoxy groups -OCH3 is 1. The normalized spacial score (nSPS) is 14.5. The molecule has 1 heterocycles. The Kier molecular flexibility index (Phi) is 9.63. The van der Waals surface area contributed by atoms with Gasteiger partial charge >= 0.3 is 12.1 Å². The highest BCUT2D eigenvalue weighted by Crippen LogP contribution is 2.35. The fraction of sp³-hybridized carbons (Fsp3) is 0.462. The Bertz CT molecular complexity index is 1050. The zero-order valence-corrected chi connectivity index (χ0v) is 20.9. The largest absolute Gasteiger partial charge is 0.469 e. The van der Waals surface area contributed by atoms with E-state index in [1.54, 1.807) is 0 Å². The number of rotatable bonds is 10. The van der Waals surface area contributed by atoms with E-state index in [4.69, 9.17) is 14.2 Å². The quantitative estimate of drug-likeness (QED) is 0.267. The minimum Gasteiger partial charge on any atom is -0.469 e. The maximum absolute atomic E-state index is 12.8. The van der Waals surface area contributed by atoms with E-state index in [-0.39, 0.29) is 35.8 Å². The second kappa shape index (κ2) is 12.9. The van der Waals surface area contributed by atoms with E-state index in [1.807, 2.05) is 25.1 Å². The Hall–Kier alpha value is -3.66. The van der Waals surface area contributed by atoms with Crippen LogP contribution in [0, 0.1) is 10.1 Å². The first-order valence-electron chi connectivity index (χ1n) is 12.1. The van der Waals surface area contributed by atoms with Gasteiger partial charge in [-0.3, -0.25) is 20.2 Å². The molecule has 0 spiro atoms. The summed E-state index contributed by atoms with van der Waals surface area (Å²) in [5.74, 6) is -0.184. The molecule has 2 aromatic carbocycles. The van der Waals surface area contributed by atoms with Gasteiger partial charge in [-0.25, -0.2) is 4.79 Å². The third kappa shape index (κ3) is 6.94. The van der Waals surface area contributed by atoms with Gasteiger partial charge in [-0.05, 0) is 61.9 Å². The lowest BCUT2D eigenvalue weighted by Gasteiger charge is -2.36. The molecule has 0 aliphatic carbocycles. The molecule has 1 unspecified atom stereocenters. The summed E-state index contributed by atoms with van der Waals surface area (Å²) >= 11 is 0. The van der Waals surface area contributed by atoms with Gasteiger partial charge < -0.3 is 19.1 Å². The molecule has 1 amide bonds. The van der Waals surface area contributed by atoms with Crippen LogP contribution in [0.25, 0.3) is 0 Å². The van der Waals surface area contributed by atoms with Crippen molar-refractivity contribution in [1.82, 2.24) is 0 Å². The summed E-state index contributed by atoms with van der Waals surface area (Å²) in [5, 5.41) is 13.7. The lowest BCUT2D eigenvalue weighted by Crippen LogP contribution is -2.40. The van der Waals surface area contributed by atoms with E-state index >= 15 is 0 Å². The highest BCUT2D eigenvalue weighted by atomic mass is 16.6. The van der Waals surface area contributed by atoms with Gasteiger partial charge in [0.2, 0.25) is 0 Å². The molecule has 10 nitrogen and oxygen atoms in total. The summed E-state index contributed by atoms with van der Waals surface area (Å²) in [6, 6.07) is 11.4. The van der Waals surface area contributed by atoms with Crippen molar-refractivity contribution in [2.24, 2.45) is 0 Å². The maximum Gasteiger partial charge on any atom is 0.417 e. The Morgan fingerprint density at radius 1 is 1.17 bits per heavy atom. The zero-order chi connectivity index (χ0) is 26.1. The van der Waals surface area contributed by atoms with E-state index in [1.165, 1.54) is 31.4 Å². The lowest BCUT2D eigenvalue weighted by molar-refractivity contribution is -0.384. The second-order valence-electron chi connectivity index (χ2n) is 8.56. The SMILES string of the molecule is CCC(CC(=O)OC)c1ccc(N(CC)C2CCOCC2)c(NC(=O)Oc2ccc([N+](=O)[O-])cc2)c1. The van der Waals surface area contributed by atoms with E-state index in [2.05, 4.69) is 17.1 Å². The third-order valence-electron chi connectivity index (χ3n) is 6.40. The van der Waals surface area contributed by atoms with Gasteiger partial charge in [0.1, 0.15) is 5.75 Å². The average molecular weight is 500 g/mol. The number of carbonyl (C=O) groups is 2. The number of non-ortho nitro benzene ring substituents is 1. The molecule has 0 aromatic heterocycles. The van der Waals surface area contributed by atoms with Crippen LogP contribution in [0.5, 0.6) is 5.75 Å². The highest BCUT2D eigenvalue weighted by molar-refractivity contribution is 5.91. The second-order valence-corrected chi connectivity index (χ2v) is 8.56. The van der Waals surface area contributed by atoms with Gasteiger partial charge in [-0.15, -0.1) is 0 Å². The van der Waals surface area contributed by atoms with Crippen molar-refractivity contribution in [3.05, 3.63) is 58.1 Å². The predicted molar refractivity (Wildman–Crippen MR) is 136 cm³/mol. The van der Waals surface area contributed by atoms with Crippen molar-refractivity contribution < 1.29 is 28.7 Å². The van der Waals surface area contributed by atoms with Crippen molar-refractivity contribution in [2.45, 2.75) is 51.5 Å². The first-order chi connectivity index (χ1) is 17.4. The average Bonchev–Trinajstić information content (AvgIpc) is 2.89. The molecule has 36 heavy (non-hydrogen) atoms. The fourth-order valence-corrected chi connectivity index (χ4v) is 4.44. The number of carbonyl (C=O) groups excluding carboxylic acids is 2. The number of hydrogen-bond acceptors (Lipinski definition) is 8. The molecule has 1 aliphatic heterocycles. The molecule has 1 atom stereocenters. The standard InChI is InChI=1S/C26H33N3O7/c1-4-18(17-25(30)34-3)19-6-11-24(28(5-2)20-12-14-35-15-13-20)23(16-19)27-26(31)36-22-9-7-21(8-10-22)29(32)33/h6-11,16,18,20H,4-5,12-15,17H2,1-3H3,(H,27,31). The summed E-state index contributed by atoms with van der Waals surface area (Å²) < 4.78 is 15.8. The molecule has 1 aliphatic rings. The Labute approximate surface area is 210 Å².